The number of nitrogens with zero attached hydrogens (tertiary/aromatic N) is 4. The van der Waals surface area contributed by atoms with Crippen molar-refractivity contribution in [2.75, 3.05) is 5.32 Å². The average molecular weight is 454 g/mol. The molecule has 0 unspecified atom stereocenters. The van der Waals surface area contributed by atoms with Gasteiger partial charge in [0, 0.05) is 23.5 Å². The maximum absolute atomic E-state index is 13.2. The van der Waals surface area contributed by atoms with Gasteiger partial charge in [0.1, 0.15) is 10.6 Å². The largest absolute Gasteiger partial charge is 0.435 e. The van der Waals surface area contributed by atoms with Crippen molar-refractivity contribution in [2.45, 2.75) is 19.6 Å². The third-order valence-corrected chi connectivity index (χ3v) is 5.99. The van der Waals surface area contributed by atoms with Crippen LogP contribution < -0.4 is 5.32 Å². The van der Waals surface area contributed by atoms with Gasteiger partial charge < -0.3 is 5.32 Å². The summed E-state index contributed by atoms with van der Waals surface area (Å²) in [4.78, 5) is 13.2. The molecule has 3 heterocycles. The summed E-state index contributed by atoms with van der Waals surface area (Å²) in [5.74, 6) is -0.103. The van der Waals surface area contributed by atoms with E-state index in [9.17, 15) is 18.0 Å². The molecule has 0 saturated carbocycles. The van der Waals surface area contributed by atoms with E-state index in [0.717, 1.165) is 21.6 Å². The third-order valence-electron chi connectivity index (χ3n) is 4.43. The van der Waals surface area contributed by atoms with E-state index in [4.69, 9.17) is 11.6 Å². The highest BCUT2D eigenvalue weighted by molar-refractivity contribution is 7.20. The van der Waals surface area contributed by atoms with E-state index in [-0.39, 0.29) is 15.1 Å². The zero-order valence-electron chi connectivity index (χ0n) is 15.8. The first kappa shape index (κ1) is 20.4. The molecule has 0 fully saturated rings. The van der Waals surface area contributed by atoms with E-state index in [2.05, 4.69) is 15.5 Å². The van der Waals surface area contributed by atoms with Crippen LogP contribution in [0, 0.1) is 6.92 Å². The lowest BCUT2D eigenvalue weighted by Gasteiger charge is -2.09. The summed E-state index contributed by atoms with van der Waals surface area (Å²) < 4.78 is 42.3. The first-order valence-electron chi connectivity index (χ1n) is 8.76. The van der Waals surface area contributed by atoms with Gasteiger partial charge >= 0.3 is 6.18 Å². The zero-order chi connectivity index (χ0) is 21.6. The molecular formula is C19H15ClF3N5OS. The van der Waals surface area contributed by atoms with Crippen LogP contribution in [0.1, 0.15) is 26.6 Å². The monoisotopic (exact) mass is 453 g/mol. The van der Waals surface area contributed by atoms with Crippen LogP contribution in [0.15, 0.2) is 36.4 Å². The highest BCUT2D eigenvalue weighted by Crippen LogP contribution is 2.37. The Balaban J connectivity index is 1.63. The Morgan fingerprint density at radius 3 is 2.67 bits per heavy atom. The Morgan fingerprint density at radius 2 is 1.97 bits per heavy atom. The molecule has 11 heteroatoms. The molecule has 0 aliphatic carbocycles. The fourth-order valence-corrected chi connectivity index (χ4v) is 4.26. The minimum absolute atomic E-state index is 0.0964. The van der Waals surface area contributed by atoms with Crippen molar-refractivity contribution in [3.8, 4) is 0 Å². The average Bonchev–Trinajstić information content (AvgIpc) is 3.32. The van der Waals surface area contributed by atoms with Gasteiger partial charge in [0.2, 0.25) is 0 Å². The fourth-order valence-electron chi connectivity index (χ4n) is 3.09. The predicted octanol–water partition coefficient (Wildman–Crippen LogP) is 5.11. The summed E-state index contributed by atoms with van der Waals surface area (Å²) >= 11 is 7.15. The molecule has 0 radical (unpaired) electrons. The van der Waals surface area contributed by atoms with Crippen LogP contribution in [0.2, 0.25) is 5.02 Å². The van der Waals surface area contributed by atoms with E-state index < -0.39 is 17.8 Å². The lowest BCUT2D eigenvalue weighted by atomic mass is 10.2. The quantitative estimate of drug-likeness (QED) is 0.467. The Labute approximate surface area is 177 Å². The second kappa shape index (κ2) is 7.44. The van der Waals surface area contributed by atoms with Crippen molar-refractivity contribution in [3.05, 3.63) is 63.2 Å². The Bertz CT molecular complexity index is 1260. The summed E-state index contributed by atoms with van der Waals surface area (Å²) in [7, 11) is 1.41. The number of benzene rings is 1. The Morgan fingerprint density at radius 1 is 1.23 bits per heavy atom. The van der Waals surface area contributed by atoms with Crippen LogP contribution in [0.3, 0.4) is 0 Å². The first-order chi connectivity index (χ1) is 14.1. The highest BCUT2D eigenvalue weighted by Gasteiger charge is 2.37. The lowest BCUT2D eigenvalue weighted by Crippen LogP contribution is -2.15. The number of anilines is 1. The zero-order valence-corrected chi connectivity index (χ0v) is 17.4. The summed E-state index contributed by atoms with van der Waals surface area (Å²) in [5, 5.41) is 11.1. The molecule has 0 bridgehead atoms. The Kier molecular flexibility index (Phi) is 5.07. The number of hydrogen-bond donors (Lipinski definition) is 1. The molecule has 0 saturated heterocycles. The molecule has 6 nitrogen and oxygen atoms in total. The molecule has 4 aromatic rings. The van der Waals surface area contributed by atoms with E-state index in [1.54, 1.807) is 23.7 Å². The molecule has 156 valence electrons. The number of aryl methyl sites for hydroxylation is 2. The molecule has 1 aromatic carbocycles. The topological polar surface area (TPSA) is 64.7 Å². The number of aromatic nitrogens is 4. The van der Waals surface area contributed by atoms with E-state index in [1.165, 1.54) is 13.1 Å². The normalized spacial score (nSPS) is 11.9. The van der Waals surface area contributed by atoms with Crippen molar-refractivity contribution in [3.63, 3.8) is 0 Å². The van der Waals surface area contributed by atoms with Gasteiger partial charge in [-0.15, -0.1) is 11.3 Å². The van der Waals surface area contributed by atoms with Crippen LogP contribution in [0.5, 0.6) is 0 Å². The minimum atomic E-state index is -4.60. The van der Waals surface area contributed by atoms with Gasteiger partial charge in [-0.05, 0) is 24.6 Å². The van der Waals surface area contributed by atoms with E-state index >= 15 is 0 Å². The fraction of sp³-hybridized carbons (Fsp3) is 0.211. The third kappa shape index (κ3) is 3.80. The number of nitrogens with one attached hydrogen (secondary N) is 1. The second-order valence-electron chi connectivity index (χ2n) is 6.67. The van der Waals surface area contributed by atoms with Crippen LogP contribution >= 0.6 is 22.9 Å². The molecule has 30 heavy (non-hydrogen) atoms. The maximum atomic E-state index is 13.2. The number of rotatable bonds is 4. The van der Waals surface area contributed by atoms with Crippen molar-refractivity contribution in [1.82, 2.24) is 19.6 Å². The molecule has 0 aliphatic rings. The Hall–Kier alpha value is -2.85. The van der Waals surface area contributed by atoms with Crippen LogP contribution in [0.4, 0.5) is 19.0 Å². The van der Waals surface area contributed by atoms with Crippen molar-refractivity contribution in [2.24, 2.45) is 7.05 Å². The molecule has 3 aromatic heterocycles. The molecule has 0 aliphatic heterocycles. The SMILES string of the molecule is Cc1cc(NC(=O)c2cc3c(C(F)(F)F)nn(C)c3s2)n(Cc2ccccc2Cl)n1. The number of carbonyl (C=O) groups excluding carboxylic acids is 1. The number of carbonyl (C=O) groups is 1. The summed E-state index contributed by atoms with van der Waals surface area (Å²) in [6.45, 7) is 2.11. The predicted molar refractivity (Wildman–Crippen MR) is 109 cm³/mol. The second-order valence-corrected chi connectivity index (χ2v) is 8.11. The number of thiophene rings is 1. The molecule has 0 atom stereocenters. The van der Waals surface area contributed by atoms with Gasteiger partial charge in [0.15, 0.2) is 5.69 Å². The van der Waals surface area contributed by atoms with E-state index in [1.807, 2.05) is 18.2 Å². The van der Waals surface area contributed by atoms with Crippen molar-refractivity contribution >= 4 is 44.9 Å². The van der Waals surface area contributed by atoms with Gasteiger partial charge in [-0.1, -0.05) is 29.8 Å². The summed E-state index contributed by atoms with van der Waals surface area (Å²) in [5.41, 5.74) is 0.493. The first-order valence-corrected chi connectivity index (χ1v) is 9.96. The molecule has 4 rings (SSSR count). The number of hydrogen-bond acceptors (Lipinski definition) is 4. The number of fused-ring (bicyclic) bond motifs is 1. The van der Waals surface area contributed by atoms with E-state index in [0.29, 0.717) is 23.1 Å². The van der Waals surface area contributed by atoms with Gasteiger partial charge in [0.25, 0.3) is 5.91 Å². The van der Waals surface area contributed by atoms with Crippen molar-refractivity contribution in [1.29, 1.82) is 0 Å². The maximum Gasteiger partial charge on any atom is 0.435 e. The molecule has 0 spiro atoms. The van der Waals surface area contributed by atoms with Crippen LogP contribution in [-0.2, 0) is 19.8 Å². The van der Waals surface area contributed by atoms with Gasteiger partial charge in [-0.3, -0.25) is 9.48 Å². The number of amides is 1. The molecule has 1 amide bonds. The smallest absolute Gasteiger partial charge is 0.306 e. The minimum Gasteiger partial charge on any atom is -0.306 e. The lowest BCUT2D eigenvalue weighted by molar-refractivity contribution is -0.140. The van der Waals surface area contributed by atoms with Gasteiger partial charge in [-0.2, -0.15) is 23.4 Å². The summed E-state index contributed by atoms with van der Waals surface area (Å²) in [6, 6.07) is 10.2. The molecule has 1 N–H and O–H groups in total. The molecular weight excluding hydrogens is 439 g/mol. The van der Waals surface area contributed by atoms with Crippen LogP contribution in [-0.4, -0.2) is 25.5 Å². The van der Waals surface area contributed by atoms with Crippen molar-refractivity contribution < 1.29 is 18.0 Å². The number of alkyl halides is 3. The number of halogens is 4. The highest BCUT2D eigenvalue weighted by atomic mass is 35.5. The van der Waals surface area contributed by atoms with Gasteiger partial charge in [-0.25, -0.2) is 4.68 Å². The van der Waals surface area contributed by atoms with Gasteiger partial charge in [0.05, 0.1) is 17.1 Å². The van der Waals surface area contributed by atoms with Crippen LogP contribution in [0.25, 0.3) is 10.2 Å². The summed E-state index contributed by atoms with van der Waals surface area (Å²) in [6.07, 6.45) is -4.60. The standard InChI is InChI=1S/C19H15ClF3N5OS/c1-10-7-15(28(25-10)9-11-5-3-4-6-13(11)20)24-17(29)14-8-12-16(19(21,22)23)26-27(2)18(12)30-14/h3-8H,9H2,1-2H3,(H,24,29).